The third-order valence-electron chi connectivity index (χ3n) is 2.07. The molecule has 0 saturated heterocycles. The molecule has 0 fully saturated rings. The van der Waals surface area contributed by atoms with Crippen LogP contribution in [0, 0.1) is 5.41 Å². The number of amides is 1. The number of ether oxygens (including phenoxy) is 1. The molecule has 8 nitrogen and oxygen atoms in total. The summed E-state index contributed by atoms with van der Waals surface area (Å²) in [6.07, 6.45) is -1.37. The largest absolute Gasteiger partial charge is 0.446 e. The zero-order valence-corrected chi connectivity index (χ0v) is 11.7. The third kappa shape index (κ3) is 5.82. The molecule has 9 heteroatoms. The van der Waals surface area contributed by atoms with E-state index in [1.54, 1.807) is 25.5 Å². The van der Waals surface area contributed by atoms with Gasteiger partial charge < -0.3 is 10.5 Å². The van der Waals surface area contributed by atoms with Crippen molar-refractivity contribution in [2.75, 3.05) is 7.05 Å². The normalized spacial score (nSPS) is 13.4. The van der Waals surface area contributed by atoms with Crippen molar-refractivity contribution in [1.82, 2.24) is 9.03 Å². The van der Waals surface area contributed by atoms with Crippen LogP contribution in [0.2, 0.25) is 0 Å². The summed E-state index contributed by atoms with van der Waals surface area (Å²) in [7, 11) is -2.70. The first-order valence-electron chi connectivity index (χ1n) is 5.35. The lowest BCUT2D eigenvalue weighted by Crippen LogP contribution is -2.46. The van der Waals surface area contributed by atoms with E-state index in [0.29, 0.717) is 0 Å². The maximum absolute atomic E-state index is 11.7. The Balaban J connectivity index is 4.62. The van der Waals surface area contributed by atoms with Crippen molar-refractivity contribution >= 4 is 22.1 Å². The maximum atomic E-state index is 11.7. The van der Waals surface area contributed by atoms with Gasteiger partial charge in [0.05, 0.1) is 11.9 Å². The number of nitrogens with zero attached hydrogens (tertiary/aromatic N) is 1. The van der Waals surface area contributed by atoms with Crippen LogP contribution in [0.3, 0.4) is 0 Å². The molecule has 0 aliphatic heterocycles. The fourth-order valence-electron chi connectivity index (χ4n) is 1.10. The molecule has 0 aromatic heterocycles. The molecular formula is C9H20N4O4S. The lowest BCUT2D eigenvalue weighted by Gasteiger charge is -2.23. The van der Waals surface area contributed by atoms with E-state index in [2.05, 4.69) is 4.74 Å². The molecule has 0 bridgehead atoms. The van der Waals surface area contributed by atoms with Gasteiger partial charge in [0.25, 0.3) is 0 Å². The van der Waals surface area contributed by atoms with Crippen molar-refractivity contribution in [1.29, 1.82) is 5.41 Å². The maximum Gasteiger partial charge on any atom is 0.422 e. The molecular weight excluding hydrogens is 260 g/mol. The molecule has 0 aliphatic rings. The van der Waals surface area contributed by atoms with Crippen LogP contribution in [0.15, 0.2) is 0 Å². The Kier molecular flexibility index (Phi) is 6.06. The molecule has 0 heterocycles. The Morgan fingerprint density at radius 2 is 1.94 bits per heavy atom. The Hall–Kier alpha value is -1.35. The quantitative estimate of drug-likeness (QED) is 0.467. The van der Waals surface area contributed by atoms with Gasteiger partial charge in [0.2, 0.25) is 0 Å². The van der Waals surface area contributed by atoms with Crippen LogP contribution in [0.25, 0.3) is 0 Å². The summed E-state index contributed by atoms with van der Waals surface area (Å²) in [6, 6.07) is -0.535. The van der Waals surface area contributed by atoms with Crippen LogP contribution in [-0.4, -0.2) is 43.8 Å². The Morgan fingerprint density at radius 1 is 1.44 bits per heavy atom. The van der Waals surface area contributed by atoms with Crippen molar-refractivity contribution in [3.63, 3.8) is 0 Å². The van der Waals surface area contributed by atoms with Gasteiger partial charge in [0.15, 0.2) is 0 Å². The number of nitrogens with two attached hydrogens (primary N) is 1. The molecule has 0 radical (unpaired) electrons. The molecule has 0 aliphatic carbocycles. The number of carbonyl (C=O) groups is 1. The summed E-state index contributed by atoms with van der Waals surface area (Å²) in [6.45, 7) is 4.79. The Bertz CT molecular complexity index is 407. The highest BCUT2D eigenvalue weighted by Gasteiger charge is 2.26. The number of hydrogen-bond acceptors (Lipinski definition) is 5. The second kappa shape index (κ2) is 6.55. The van der Waals surface area contributed by atoms with Crippen LogP contribution < -0.4 is 10.5 Å². The highest BCUT2D eigenvalue weighted by Crippen LogP contribution is 2.06. The van der Waals surface area contributed by atoms with Gasteiger partial charge in [-0.2, -0.15) is 12.7 Å². The predicted octanol–water partition coefficient (Wildman–Crippen LogP) is 0.0122. The third-order valence-corrected chi connectivity index (χ3v) is 3.61. The van der Waals surface area contributed by atoms with E-state index >= 15 is 0 Å². The van der Waals surface area contributed by atoms with E-state index in [4.69, 9.17) is 11.1 Å². The molecule has 0 rings (SSSR count). The molecule has 106 valence electrons. The fraction of sp³-hybridized carbons (Fsp3) is 0.778. The number of nitrogens with one attached hydrogen (secondary N) is 2. The molecule has 4 N–H and O–H groups in total. The van der Waals surface area contributed by atoms with E-state index in [-0.39, 0.29) is 12.3 Å². The number of amidine groups is 1. The van der Waals surface area contributed by atoms with Crippen molar-refractivity contribution in [3.05, 3.63) is 0 Å². The lowest BCUT2D eigenvalue weighted by atomic mass is 10.2. The molecule has 0 spiro atoms. The molecule has 0 aromatic rings. The fourth-order valence-corrected chi connectivity index (χ4v) is 2.05. The molecule has 1 amide bonds. The van der Waals surface area contributed by atoms with Gasteiger partial charge in [-0.3, -0.25) is 5.41 Å². The highest BCUT2D eigenvalue weighted by atomic mass is 32.2. The minimum absolute atomic E-state index is 0.0800. The summed E-state index contributed by atoms with van der Waals surface area (Å²) >= 11 is 0. The lowest BCUT2D eigenvalue weighted by molar-refractivity contribution is 0.121. The molecule has 0 aromatic carbocycles. The number of rotatable bonds is 6. The second-order valence-electron chi connectivity index (χ2n) is 4.16. The van der Waals surface area contributed by atoms with Crippen LogP contribution in [0.1, 0.15) is 27.2 Å². The molecule has 0 saturated carbocycles. The zero-order chi connectivity index (χ0) is 14.5. The standard InChI is InChI=1S/C9H20N4O4S/c1-6(2)17-9(14)12-18(15,16)13(4)7(3)5-8(10)11/h6-7H,5H2,1-4H3,(H3,10,11)(H,12,14). The number of carbonyl (C=O) groups excluding carboxylic acids is 1. The monoisotopic (exact) mass is 280 g/mol. The van der Waals surface area contributed by atoms with Crippen LogP contribution in [0.5, 0.6) is 0 Å². The first-order valence-corrected chi connectivity index (χ1v) is 6.79. The Labute approximate surface area is 107 Å². The average molecular weight is 280 g/mol. The van der Waals surface area contributed by atoms with Crippen molar-refractivity contribution in [2.45, 2.75) is 39.3 Å². The van der Waals surface area contributed by atoms with Gasteiger partial charge in [-0.1, -0.05) is 0 Å². The van der Waals surface area contributed by atoms with Crippen molar-refractivity contribution in [3.8, 4) is 0 Å². The van der Waals surface area contributed by atoms with Gasteiger partial charge in [0.1, 0.15) is 0 Å². The molecule has 18 heavy (non-hydrogen) atoms. The van der Waals surface area contributed by atoms with Crippen LogP contribution in [0.4, 0.5) is 4.79 Å². The van der Waals surface area contributed by atoms with Gasteiger partial charge >= 0.3 is 16.3 Å². The van der Waals surface area contributed by atoms with Crippen molar-refractivity contribution in [2.24, 2.45) is 5.73 Å². The van der Waals surface area contributed by atoms with Gasteiger partial charge in [0, 0.05) is 19.5 Å². The topological polar surface area (TPSA) is 126 Å². The van der Waals surface area contributed by atoms with Gasteiger partial charge in [-0.25, -0.2) is 9.52 Å². The first kappa shape index (κ1) is 16.6. The molecule has 1 unspecified atom stereocenters. The molecule has 1 atom stereocenters. The van der Waals surface area contributed by atoms with E-state index in [9.17, 15) is 13.2 Å². The minimum Gasteiger partial charge on any atom is -0.446 e. The smallest absolute Gasteiger partial charge is 0.422 e. The summed E-state index contributed by atoms with van der Waals surface area (Å²) in [5.41, 5.74) is 5.19. The van der Waals surface area contributed by atoms with Gasteiger partial charge in [-0.15, -0.1) is 0 Å². The number of hydrogen-bond donors (Lipinski definition) is 3. The van der Waals surface area contributed by atoms with E-state index in [0.717, 1.165) is 4.31 Å². The second-order valence-corrected chi connectivity index (χ2v) is 5.89. The van der Waals surface area contributed by atoms with Crippen molar-refractivity contribution < 1.29 is 17.9 Å². The SMILES string of the molecule is CC(C)OC(=O)NS(=O)(=O)N(C)C(C)CC(=N)N. The Morgan fingerprint density at radius 3 is 2.33 bits per heavy atom. The predicted molar refractivity (Wildman–Crippen MR) is 67.4 cm³/mol. The summed E-state index contributed by atoms with van der Waals surface area (Å²) < 4.78 is 30.9. The van der Waals surface area contributed by atoms with E-state index in [1.807, 2.05) is 0 Å². The highest BCUT2D eigenvalue weighted by molar-refractivity contribution is 7.87. The van der Waals surface area contributed by atoms with Crippen LogP contribution in [-0.2, 0) is 14.9 Å². The summed E-state index contributed by atoms with van der Waals surface area (Å²) in [5, 5.41) is 7.10. The first-order chi connectivity index (χ1) is 8.06. The summed E-state index contributed by atoms with van der Waals surface area (Å²) in [5.74, 6) is -0.130. The van der Waals surface area contributed by atoms with E-state index < -0.39 is 28.4 Å². The zero-order valence-electron chi connectivity index (χ0n) is 10.9. The van der Waals surface area contributed by atoms with E-state index in [1.165, 1.54) is 7.05 Å². The minimum atomic E-state index is -3.99. The average Bonchev–Trinajstić information content (AvgIpc) is 2.12. The summed E-state index contributed by atoms with van der Waals surface area (Å²) in [4.78, 5) is 11.2. The van der Waals surface area contributed by atoms with Gasteiger partial charge in [-0.05, 0) is 20.8 Å². The van der Waals surface area contributed by atoms with Crippen LogP contribution >= 0.6 is 0 Å².